The van der Waals surface area contributed by atoms with E-state index in [1.807, 2.05) is 75.6 Å². The summed E-state index contributed by atoms with van der Waals surface area (Å²) in [6, 6.07) is 17.7. The van der Waals surface area contributed by atoms with Gasteiger partial charge in [-0.3, -0.25) is 4.79 Å². The van der Waals surface area contributed by atoms with Crippen LogP contribution >= 0.6 is 0 Å². The van der Waals surface area contributed by atoms with Crippen LogP contribution in [0.2, 0.25) is 0 Å². The van der Waals surface area contributed by atoms with Crippen LogP contribution in [0.3, 0.4) is 0 Å². The quantitative estimate of drug-likeness (QED) is 0.826. The highest BCUT2D eigenvalue weighted by molar-refractivity contribution is 5.98. The van der Waals surface area contributed by atoms with Gasteiger partial charge < -0.3 is 15.5 Å². The Morgan fingerprint density at radius 1 is 1.04 bits per heavy atom. The molecule has 4 nitrogen and oxygen atoms in total. The Bertz CT molecular complexity index is 626. The number of carbonyl (C=O) groups is 1. The second-order valence-electron chi connectivity index (χ2n) is 5.88. The summed E-state index contributed by atoms with van der Waals surface area (Å²) in [4.78, 5) is 14.5. The summed E-state index contributed by atoms with van der Waals surface area (Å²) in [6.45, 7) is 3.57. The Morgan fingerprint density at radius 3 is 2.39 bits per heavy atom. The van der Waals surface area contributed by atoms with E-state index in [2.05, 4.69) is 15.5 Å². The molecular weight excluding hydrogens is 286 g/mol. The van der Waals surface area contributed by atoms with E-state index in [4.69, 9.17) is 0 Å². The van der Waals surface area contributed by atoms with E-state index in [-0.39, 0.29) is 11.9 Å². The van der Waals surface area contributed by atoms with Crippen molar-refractivity contribution in [3.63, 3.8) is 0 Å². The fraction of sp³-hybridized carbons (Fsp3) is 0.316. The fourth-order valence-corrected chi connectivity index (χ4v) is 2.30. The number of anilines is 1. The lowest BCUT2D eigenvalue weighted by Gasteiger charge is -2.17. The van der Waals surface area contributed by atoms with E-state index in [1.165, 1.54) is 0 Å². The van der Waals surface area contributed by atoms with Crippen molar-refractivity contribution in [2.75, 3.05) is 32.5 Å². The zero-order valence-corrected chi connectivity index (χ0v) is 14.0. The molecular formula is C19H25N3O. The number of amides is 1. The largest absolute Gasteiger partial charge is 0.324 e. The molecule has 2 N–H and O–H groups in total. The summed E-state index contributed by atoms with van der Waals surface area (Å²) in [7, 11) is 4.03. The molecule has 0 saturated heterocycles. The van der Waals surface area contributed by atoms with Crippen LogP contribution in [0.15, 0.2) is 54.6 Å². The molecule has 0 aliphatic carbocycles. The van der Waals surface area contributed by atoms with Crippen molar-refractivity contribution in [2.24, 2.45) is 0 Å². The summed E-state index contributed by atoms with van der Waals surface area (Å²) in [6.07, 6.45) is 0. The van der Waals surface area contributed by atoms with Crippen LogP contribution in [0, 0.1) is 0 Å². The van der Waals surface area contributed by atoms with Crippen molar-refractivity contribution in [2.45, 2.75) is 13.0 Å². The van der Waals surface area contributed by atoms with Gasteiger partial charge in [-0.15, -0.1) is 0 Å². The third-order valence-corrected chi connectivity index (χ3v) is 3.67. The van der Waals surface area contributed by atoms with Crippen molar-refractivity contribution < 1.29 is 4.79 Å². The van der Waals surface area contributed by atoms with E-state index >= 15 is 0 Å². The van der Waals surface area contributed by atoms with Crippen LogP contribution in [0.4, 0.5) is 5.69 Å². The first-order chi connectivity index (χ1) is 11.1. The van der Waals surface area contributed by atoms with Crippen molar-refractivity contribution in [1.29, 1.82) is 0 Å². The van der Waals surface area contributed by atoms with E-state index < -0.39 is 0 Å². The van der Waals surface area contributed by atoms with E-state index in [0.717, 1.165) is 29.9 Å². The number of likely N-dealkylation sites (N-methyl/N-ethyl adjacent to an activating group) is 1. The molecule has 23 heavy (non-hydrogen) atoms. The van der Waals surface area contributed by atoms with Crippen molar-refractivity contribution in [1.82, 2.24) is 10.2 Å². The molecule has 0 aliphatic heterocycles. The number of hydrogen-bond acceptors (Lipinski definition) is 3. The van der Waals surface area contributed by atoms with Gasteiger partial charge >= 0.3 is 0 Å². The Kier molecular flexibility index (Phi) is 6.32. The molecule has 0 spiro atoms. The SMILES string of the molecule is C[C@H](NCCN(C)C)C(=O)Nc1ccccc1-c1ccccc1. The predicted octanol–water partition coefficient (Wildman–Crippen LogP) is 2.83. The van der Waals surface area contributed by atoms with Crippen molar-refractivity contribution >= 4 is 11.6 Å². The zero-order chi connectivity index (χ0) is 16.7. The lowest BCUT2D eigenvalue weighted by molar-refractivity contribution is -0.117. The minimum absolute atomic E-state index is 0.0212. The first-order valence-corrected chi connectivity index (χ1v) is 7.91. The molecule has 0 heterocycles. The molecule has 0 aliphatic rings. The first kappa shape index (κ1) is 17.2. The minimum atomic E-state index is -0.237. The topological polar surface area (TPSA) is 44.4 Å². The second-order valence-corrected chi connectivity index (χ2v) is 5.88. The Hall–Kier alpha value is -2.17. The van der Waals surface area contributed by atoms with Gasteiger partial charge in [0.25, 0.3) is 0 Å². The van der Waals surface area contributed by atoms with Gasteiger partial charge in [0.1, 0.15) is 0 Å². The number of rotatable bonds is 7. The molecule has 0 unspecified atom stereocenters. The Balaban J connectivity index is 2.04. The zero-order valence-electron chi connectivity index (χ0n) is 14.0. The first-order valence-electron chi connectivity index (χ1n) is 7.91. The standard InChI is InChI=1S/C19H25N3O/c1-15(20-13-14-22(2)3)19(23)21-18-12-8-7-11-17(18)16-9-5-4-6-10-16/h4-12,15,20H,13-14H2,1-3H3,(H,21,23)/t15-/m0/s1. The number of nitrogens with one attached hydrogen (secondary N) is 2. The summed E-state index contributed by atoms with van der Waals surface area (Å²) >= 11 is 0. The van der Waals surface area contributed by atoms with Gasteiger partial charge in [0.05, 0.1) is 6.04 Å². The van der Waals surface area contributed by atoms with Gasteiger partial charge in [-0.2, -0.15) is 0 Å². The number of para-hydroxylation sites is 1. The number of hydrogen-bond donors (Lipinski definition) is 2. The molecule has 0 fully saturated rings. The smallest absolute Gasteiger partial charge is 0.241 e. The molecule has 0 aromatic heterocycles. The molecule has 0 radical (unpaired) electrons. The van der Waals surface area contributed by atoms with Gasteiger partial charge in [0.2, 0.25) is 5.91 Å². The molecule has 2 aromatic carbocycles. The summed E-state index contributed by atoms with van der Waals surface area (Å²) in [5.74, 6) is -0.0212. The highest BCUT2D eigenvalue weighted by atomic mass is 16.2. The lowest BCUT2D eigenvalue weighted by atomic mass is 10.0. The fourth-order valence-electron chi connectivity index (χ4n) is 2.30. The highest BCUT2D eigenvalue weighted by Crippen LogP contribution is 2.27. The third-order valence-electron chi connectivity index (χ3n) is 3.67. The van der Waals surface area contributed by atoms with Crippen LogP contribution in [0.1, 0.15) is 6.92 Å². The number of benzene rings is 2. The number of nitrogens with zero attached hydrogens (tertiary/aromatic N) is 1. The molecule has 1 amide bonds. The van der Waals surface area contributed by atoms with Gasteiger partial charge in [-0.25, -0.2) is 0 Å². The second kappa shape index (κ2) is 8.46. The van der Waals surface area contributed by atoms with Crippen LogP contribution in [0.25, 0.3) is 11.1 Å². The van der Waals surface area contributed by atoms with Gasteiger partial charge in [-0.1, -0.05) is 48.5 Å². The van der Waals surface area contributed by atoms with Crippen LogP contribution in [-0.4, -0.2) is 44.0 Å². The maximum atomic E-state index is 12.4. The molecule has 1 atom stereocenters. The summed E-state index contributed by atoms with van der Waals surface area (Å²) in [5, 5.41) is 6.27. The van der Waals surface area contributed by atoms with E-state index in [0.29, 0.717) is 0 Å². The molecule has 122 valence electrons. The highest BCUT2D eigenvalue weighted by Gasteiger charge is 2.14. The molecule has 0 saturated carbocycles. The molecule has 2 aromatic rings. The normalized spacial score (nSPS) is 12.2. The molecule has 0 bridgehead atoms. The average molecular weight is 311 g/mol. The molecule has 2 rings (SSSR count). The lowest BCUT2D eigenvalue weighted by Crippen LogP contribution is -2.41. The molecule has 4 heteroatoms. The van der Waals surface area contributed by atoms with Gasteiger partial charge in [0, 0.05) is 24.3 Å². The summed E-state index contributed by atoms with van der Waals surface area (Å²) < 4.78 is 0. The maximum absolute atomic E-state index is 12.4. The van der Waals surface area contributed by atoms with Crippen molar-refractivity contribution in [3.05, 3.63) is 54.6 Å². The van der Waals surface area contributed by atoms with Gasteiger partial charge in [0.15, 0.2) is 0 Å². The van der Waals surface area contributed by atoms with Gasteiger partial charge in [-0.05, 0) is 32.6 Å². The third kappa shape index (κ3) is 5.20. The van der Waals surface area contributed by atoms with Crippen LogP contribution in [0.5, 0.6) is 0 Å². The van der Waals surface area contributed by atoms with Crippen LogP contribution < -0.4 is 10.6 Å². The number of carbonyl (C=O) groups excluding carboxylic acids is 1. The van der Waals surface area contributed by atoms with Crippen molar-refractivity contribution in [3.8, 4) is 11.1 Å². The van der Waals surface area contributed by atoms with E-state index in [9.17, 15) is 4.79 Å². The minimum Gasteiger partial charge on any atom is -0.324 e. The Morgan fingerprint density at radius 2 is 1.70 bits per heavy atom. The van der Waals surface area contributed by atoms with Crippen LogP contribution in [-0.2, 0) is 4.79 Å². The summed E-state index contributed by atoms with van der Waals surface area (Å²) in [5.41, 5.74) is 2.96. The monoisotopic (exact) mass is 311 g/mol. The Labute approximate surface area is 138 Å². The average Bonchev–Trinajstić information content (AvgIpc) is 2.55. The predicted molar refractivity (Wildman–Crippen MR) is 96.5 cm³/mol. The maximum Gasteiger partial charge on any atom is 0.241 e. The van der Waals surface area contributed by atoms with E-state index in [1.54, 1.807) is 0 Å².